The highest BCUT2D eigenvalue weighted by molar-refractivity contribution is 6.08. The van der Waals surface area contributed by atoms with Crippen LogP contribution in [-0.2, 0) is 11.8 Å². The Morgan fingerprint density at radius 3 is 2.39 bits per heavy atom. The maximum absolute atomic E-state index is 12.1. The molecule has 0 radical (unpaired) electrons. The van der Waals surface area contributed by atoms with Gasteiger partial charge in [0.05, 0.1) is 12.5 Å². The molecular weight excluding hydrogens is 230 g/mol. The number of amides is 1. The van der Waals surface area contributed by atoms with Crippen LogP contribution in [0.15, 0.2) is 36.8 Å². The minimum absolute atomic E-state index is 0.0932. The molecule has 1 aromatic heterocycles. The zero-order valence-corrected chi connectivity index (χ0v) is 10.2. The summed E-state index contributed by atoms with van der Waals surface area (Å²) >= 11 is 0. The Balaban J connectivity index is 2.22. The molecule has 1 amide bonds. The van der Waals surface area contributed by atoms with Crippen LogP contribution >= 0.6 is 0 Å². The molecule has 0 unspecified atom stereocenters. The molecule has 2 rings (SSSR count). The van der Waals surface area contributed by atoms with Crippen molar-refractivity contribution in [2.75, 3.05) is 5.32 Å². The summed E-state index contributed by atoms with van der Waals surface area (Å²) in [6, 6.07) is 6.76. The highest BCUT2D eigenvalue weighted by Crippen LogP contribution is 2.13. The minimum Gasteiger partial charge on any atom is -0.331 e. The van der Waals surface area contributed by atoms with Gasteiger partial charge in [-0.25, -0.2) is 4.98 Å². The third-order valence-corrected chi connectivity index (χ3v) is 2.52. The summed E-state index contributed by atoms with van der Waals surface area (Å²) in [7, 11) is 1.77. The summed E-state index contributed by atoms with van der Waals surface area (Å²) in [5.74, 6) is -0.231. The van der Waals surface area contributed by atoms with Gasteiger partial charge in [-0.05, 0) is 24.3 Å². The van der Waals surface area contributed by atoms with E-state index in [1.54, 1.807) is 42.2 Å². The first-order valence-corrected chi connectivity index (χ1v) is 5.46. The predicted molar refractivity (Wildman–Crippen MR) is 67.4 cm³/mol. The Labute approximate surface area is 104 Å². The van der Waals surface area contributed by atoms with Crippen LogP contribution < -0.4 is 5.32 Å². The van der Waals surface area contributed by atoms with Crippen LogP contribution in [0.1, 0.15) is 23.0 Å². The van der Waals surface area contributed by atoms with Crippen LogP contribution in [0.3, 0.4) is 0 Å². The standard InChI is InChI=1S/C13H13N3O2/c1-9(17)15-11-5-3-10(4-6-11)13(18)12-7-14-8-16(12)2/h3-8H,1-2H3,(H,15,17). The van der Waals surface area contributed by atoms with Gasteiger partial charge < -0.3 is 9.88 Å². The van der Waals surface area contributed by atoms with E-state index in [4.69, 9.17) is 0 Å². The second-order valence-corrected chi connectivity index (χ2v) is 3.98. The van der Waals surface area contributed by atoms with E-state index >= 15 is 0 Å². The monoisotopic (exact) mass is 243 g/mol. The van der Waals surface area contributed by atoms with Gasteiger partial charge in [-0.1, -0.05) is 0 Å². The third-order valence-electron chi connectivity index (χ3n) is 2.52. The van der Waals surface area contributed by atoms with Crippen molar-refractivity contribution in [3.8, 4) is 0 Å². The Kier molecular flexibility index (Phi) is 3.23. The van der Waals surface area contributed by atoms with E-state index in [0.717, 1.165) is 0 Å². The van der Waals surface area contributed by atoms with E-state index in [1.165, 1.54) is 13.1 Å². The number of carbonyl (C=O) groups is 2. The fourth-order valence-electron chi connectivity index (χ4n) is 1.63. The number of aromatic nitrogens is 2. The van der Waals surface area contributed by atoms with Crippen molar-refractivity contribution in [2.45, 2.75) is 6.92 Å². The molecule has 0 bridgehead atoms. The molecule has 0 spiro atoms. The molecule has 0 aliphatic heterocycles. The molecule has 0 saturated heterocycles. The van der Waals surface area contributed by atoms with E-state index in [-0.39, 0.29) is 11.7 Å². The fourth-order valence-corrected chi connectivity index (χ4v) is 1.63. The van der Waals surface area contributed by atoms with E-state index in [1.807, 2.05) is 0 Å². The van der Waals surface area contributed by atoms with Crippen LogP contribution in [-0.4, -0.2) is 21.2 Å². The zero-order chi connectivity index (χ0) is 13.1. The number of nitrogens with one attached hydrogen (secondary N) is 1. The van der Waals surface area contributed by atoms with Crippen molar-refractivity contribution in [3.63, 3.8) is 0 Å². The topological polar surface area (TPSA) is 64.0 Å². The molecule has 1 heterocycles. The molecule has 0 fully saturated rings. The summed E-state index contributed by atoms with van der Waals surface area (Å²) in [5, 5.41) is 2.65. The molecule has 1 aromatic carbocycles. The molecule has 5 heteroatoms. The van der Waals surface area contributed by atoms with Crippen molar-refractivity contribution in [2.24, 2.45) is 7.05 Å². The number of carbonyl (C=O) groups excluding carboxylic acids is 2. The number of ketones is 1. The Hall–Kier alpha value is -2.43. The molecule has 18 heavy (non-hydrogen) atoms. The predicted octanol–water partition coefficient (Wildman–Crippen LogP) is 1.61. The normalized spacial score (nSPS) is 10.1. The van der Waals surface area contributed by atoms with Crippen molar-refractivity contribution in [1.29, 1.82) is 0 Å². The molecule has 0 aliphatic rings. The van der Waals surface area contributed by atoms with Crippen LogP contribution in [0.2, 0.25) is 0 Å². The van der Waals surface area contributed by atoms with Crippen LogP contribution in [0, 0.1) is 0 Å². The lowest BCUT2D eigenvalue weighted by Gasteiger charge is -2.04. The van der Waals surface area contributed by atoms with E-state index in [0.29, 0.717) is 16.9 Å². The second kappa shape index (κ2) is 4.83. The molecular formula is C13H13N3O2. The SMILES string of the molecule is CC(=O)Nc1ccc(C(=O)c2cncn2C)cc1. The fraction of sp³-hybridized carbons (Fsp3) is 0.154. The van der Waals surface area contributed by atoms with E-state index in [9.17, 15) is 9.59 Å². The highest BCUT2D eigenvalue weighted by Gasteiger charge is 2.12. The van der Waals surface area contributed by atoms with E-state index < -0.39 is 0 Å². The largest absolute Gasteiger partial charge is 0.331 e. The summed E-state index contributed by atoms with van der Waals surface area (Å²) < 4.78 is 1.67. The summed E-state index contributed by atoms with van der Waals surface area (Å²) in [6.07, 6.45) is 3.11. The number of rotatable bonds is 3. The van der Waals surface area contributed by atoms with Gasteiger partial charge in [-0.2, -0.15) is 0 Å². The number of benzene rings is 1. The summed E-state index contributed by atoms with van der Waals surface area (Å²) in [6.45, 7) is 1.44. The number of hydrogen-bond donors (Lipinski definition) is 1. The second-order valence-electron chi connectivity index (χ2n) is 3.98. The van der Waals surface area contributed by atoms with Crippen molar-refractivity contribution >= 4 is 17.4 Å². The third kappa shape index (κ3) is 2.45. The van der Waals surface area contributed by atoms with Gasteiger partial charge in [0, 0.05) is 25.2 Å². The van der Waals surface area contributed by atoms with Crippen LogP contribution in [0.4, 0.5) is 5.69 Å². The van der Waals surface area contributed by atoms with Gasteiger partial charge in [0.1, 0.15) is 5.69 Å². The maximum atomic E-state index is 12.1. The first-order chi connectivity index (χ1) is 8.58. The molecule has 2 aromatic rings. The molecule has 0 aliphatic carbocycles. The highest BCUT2D eigenvalue weighted by atomic mass is 16.1. The van der Waals surface area contributed by atoms with Gasteiger partial charge in [0.25, 0.3) is 0 Å². The quantitative estimate of drug-likeness (QED) is 0.833. The number of anilines is 1. The molecule has 0 saturated carbocycles. The molecule has 92 valence electrons. The lowest BCUT2D eigenvalue weighted by molar-refractivity contribution is -0.114. The van der Waals surface area contributed by atoms with Gasteiger partial charge in [-0.15, -0.1) is 0 Å². The number of hydrogen-bond acceptors (Lipinski definition) is 3. The van der Waals surface area contributed by atoms with Crippen molar-refractivity contribution in [3.05, 3.63) is 48.0 Å². The first-order valence-electron chi connectivity index (χ1n) is 5.46. The van der Waals surface area contributed by atoms with Crippen molar-refractivity contribution in [1.82, 2.24) is 9.55 Å². The maximum Gasteiger partial charge on any atom is 0.221 e. The van der Waals surface area contributed by atoms with Gasteiger partial charge in [0.2, 0.25) is 11.7 Å². The number of imidazole rings is 1. The van der Waals surface area contributed by atoms with Crippen molar-refractivity contribution < 1.29 is 9.59 Å². The zero-order valence-electron chi connectivity index (χ0n) is 10.2. The summed E-state index contributed by atoms with van der Waals surface area (Å²) in [4.78, 5) is 26.9. The van der Waals surface area contributed by atoms with E-state index in [2.05, 4.69) is 10.3 Å². The molecule has 5 nitrogen and oxygen atoms in total. The van der Waals surface area contributed by atoms with Crippen LogP contribution in [0.5, 0.6) is 0 Å². The average molecular weight is 243 g/mol. The van der Waals surface area contributed by atoms with Gasteiger partial charge in [-0.3, -0.25) is 9.59 Å². The molecule has 0 atom stereocenters. The number of aryl methyl sites for hydroxylation is 1. The first kappa shape index (κ1) is 12.0. The number of nitrogens with zero attached hydrogens (tertiary/aromatic N) is 2. The van der Waals surface area contributed by atoms with Gasteiger partial charge >= 0.3 is 0 Å². The lowest BCUT2D eigenvalue weighted by Crippen LogP contribution is -2.08. The van der Waals surface area contributed by atoms with Crippen LogP contribution in [0.25, 0.3) is 0 Å². The Morgan fingerprint density at radius 1 is 1.22 bits per heavy atom. The lowest BCUT2D eigenvalue weighted by atomic mass is 10.1. The smallest absolute Gasteiger partial charge is 0.221 e. The minimum atomic E-state index is -0.138. The molecule has 1 N–H and O–H groups in total. The Morgan fingerprint density at radius 2 is 1.89 bits per heavy atom. The summed E-state index contributed by atoms with van der Waals surface area (Å²) in [5.41, 5.74) is 1.76. The Bertz CT molecular complexity index is 585. The van der Waals surface area contributed by atoms with Gasteiger partial charge in [0.15, 0.2) is 0 Å². The average Bonchev–Trinajstić information content (AvgIpc) is 2.75.